The molecule has 0 spiro atoms. The molecule has 1 aromatic rings. The summed E-state index contributed by atoms with van der Waals surface area (Å²) in [5, 5.41) is 0. The third-order valence-electron chi connectivity index (χ3n) is 1.31. The zero-order valence-corrected chi connectivity index (χ0v) is 5.82. The highest BCUT2D eigenvalue weighted by molar-refractivity contribution is 5.05. The maximum atomic E-state index is 4.96. The fourth-order valence-corrected chi connectivity index (χ4v) is 0.686. The van der Waals surface area contributed by atoms with E-state index in [0.29, 0.717) is 0 Å². The second-order valence-electron chi connectivity index (χ2n) is 2.03. The van der Waals surface area contributed by atoms with E-state index in [2.05, 4.69) is 9.82 Å². The van der Waals surface area contributed by atoms with Crippen LogP contribution in [-0.4, -0.2) is 4.98 Å². The Hall–Kier alpha value is -0.930. The van der Waals surface area contributed by atoms with Crippen LogP contribution in [0.2, 0.25) is 0 Å². The van der Waals surface area contributed by atoms with E-state index in [1.807, 2.05) is 25.1 Å². The van der Waals surface area contributed by atoms with Crippen LogP contribution < -0.4 is 5.90 Å². The molecule has 0 aliphatic rings. The molecule has 0 saturated carbocycles. The minimum Gasteiger partial charge on any atom is -0.295 e. The van der Waals surface area contributed by atoms with Gasteiger partial charge in [-0.15, -0.1) is 0 Å². The predicted molar refractivity (Wildman–Crippen MR) is 37.9 cm³/mol. The third-order valence-corrected chi connectivity index (χ3v) is 1.31. The number of rotatable bonds is 2. The van der Waals surface area contributed by atoms with E-state index in [0.717, 1.165) is 5.69 Å². The normalized spacial score (nSPS) is 13.0. The zero-order chi connectivity index (χ0) is 7.40. The van der Waals surface area contributed by atoms with Gasteiger partial charge in [0.05, 0.1) is 5.69 Å². The standard InChI is InChI=1S/C7H10N2O/c1-6(10-8)7-4-2-3-5-9-7/h2-6H,8H2,1H3/t6-/m1/s1. The summed E-state index contributed by atoms with van der Waals surface area (Å²) in [6.45, 7) is 1.85. The SMILES string of the molecule is C[C@@H](ON)c1ccccn1. The Morgan fingerprint density at radius 3 is 2.90 bits per heavy atom. The molecule has 0 bridgehead atoms. The number of pyridine rings is 1. The lowest BCUT2D eigenvalue weighted by Crippen LogP contribution is -2.06. The first-order valence-electron chi connectivity index (χ1n) is 3.11. The van der Waals surface area contributed by atoms with Crippen LogP contribution in [0.4, 0.5) is 0 Å². The molecule has 0 unspecified atom stereocenters. The Bertz CT molecular complexity index is 188. The van der Waals surface area contributed by atoms with Gasteiger partial charge < -0.3 is 0 Å². The van der Waals surface area contributed by atoms with Crippen molar-refractivity contribution in [3.63, 3.8) is 0 Å². The Morgan fingerprint density at radius 1 is 1.60 bits per heavy atom. The Kier molecular flexibility index (Phi) is 2.36. The van der Waals surface area contributed by atoms with Crippen molar-refractivity contribution in [3.8, 4) is 0 Å². The van der Waals surface area contributed by atoms with Gasteiger partial charge >= 0.3 is 0 Å². The van der Waals surface area contributed by atoms with E-state index in [9.17, 15) is 0 Å². The average molecular weight is 138 g/mol. The van der Waals surface area contributed by atoms with E-state index < -0.39 is 0 Å². The smallest absolute Gasteiger partial charge is 0.118 e. The molecule has 10 heavy (non-hydrogen) atoms. The van der Waals surface area contributed by atoms with E-state index in [1.165, 1.54) is 0 Å². The lowest BCUT2D eigenvalue weighted by atomic mass is 10.2. The van der Waals surface area contributed by atoms with Crippen molar-refractivity contribution < 1.29 is 4.84 Å². The Labute approximate surface area is 59.8 Å². The first kappa shape index (κ1) is 7.18. The number of nitrogens with two attached hydrogens (primary N) is 1. The van der Waals surface area contributed by atoms with Crippen LogP contribution in [0.15, 0.2) is 24.4 Å². The van der Waals surface area contributed by atoms with Crippen molar-refractivity contribution in [2.75, 3.05) is 0 Å². The summed E-state index contributed by atoms with van der Waals surface area (Å²) < 4.78 is 0. The summed E-state index contributed by atoms with van der Waals surface area (Å²) in [5.74, 6) is 4.96. The van der Waals surface area contributed by atoms with Crippen molar-refractivity contribution in [1.29, 1.82) is 0 Å². The molecule has 54 valence electrons. The van der Waals surface area contributed by atoms with E-state index in [-0.39, 0.29) is 6.10 Å². The number of aromatic nitrogens is 1. The van der Waals surface area contributed by atoms with Gasteiger partial charge in [-0.05, 0) is 19.1 Å². The van der Waals surface area contributed by atoms with Gasteiger partial charge in [-0.3, -0.25) is 9.82 Å². The summed E-state index contributed by atoms with van der Waals surface area (Å²) in [7, 11) is 0. The van der Waals surface area contributed by atoms with E-state index >= 15 is 0 Å². The quantitative estimate of drug-likeness (QED) is 0.621. The average Bonchev–Trinajstić information content (AvgIpc) is 2.05. The van der Waals surface area contributed by atoms with Gasteiger partial charge in [-0.1, -0.05) is 6.07 Å². The van der Waals surface area contributed by atoms with Crippen molar-refractivity contribution >= 4 is 0 Å². The van der Waals surface area contributed by atoms with Gasteiger partial charge in [-0.25, -0.2) is 5.90 Å². The first-order valence-corrected chi connectivity index (χ1v) is 3.11. The molecule has 0 fully saturated rings. The van der Waals surface area contributed by atoms with Crippen LogP contribution in [0.1, 0.15) is 18.7 Å². The van der Waals surface area contributed by atoms with Crippen LogP contribution in [0, 0.1) is 0 Å². The Morgan fingerprint density at radius 2 is 2.40 bits per heavy atom. The van der Waals surface area contributed by atoms with Crippen LogP contribution in [0.3, 0.4) is 0 Å². The van der Waals surface area contributed by atoms with E-state index in [4.69, 9.17) is 5.90 Å². The zero-order valence-electron chi connectivity index (χ0n) is 5.82. The molecule has 1 heterocycles. The highest BCUT2D eigenvalue weighted by Crippen LogP contribution is 2.09. The predicted octanol–water partition coefficient (Wildman–Crippen LogP) is 1.03. The number of nitrogens with zero attached hydrogens (tertiary/aromatic N) is 1. The third kappa shape index (κ3) is 1.52. The number of hydrogen-bond donors (Lipinski definition) is 1. The molecule has 2 N–H and O–H groups in total. The minimum atomic E-state index is -0.124. The molecular weight excluding hydrogens is 128 g/mol. The molecule has 0 radical (unpaired) electrons. The molecular formula is C7H10N2O. The van der Waals surface area contributed by atoms with Gasteiger partial charge in [0, 0.05) is 6.20 Å². The van der Waals surface area contributed by atoms with Crippen molar-refractivity contribution in [2.45, 2.75) is 13.0 Å². The highest BCUT2D eigenvalue weighted by atomic mass is 16.6. The molecule has 0 amide bonds. The molecule has 0 aliphatic carbocycles. The molecule has 1 aromatic heterocycles. The van der Waals surface area contributed by atoms with Crippen molar-refractivity contribution in [2.24, 2.45) is 5.90 Å². The summed E-state index contributed by atoms with van der Waals surface area (Å²) in [6, 6.07) is 5.63. The molecule has 3 heteroatoms. The maximum absolute atomic E-state index is 4.96. The molecule has 0 aromatic carbocycles. The van der Waals surface area contributed by atoms with Crippen molar-refractivity contribution in [1.82, 2.24) is 4.98 Å². The summed E-state index contributed by atoms with van der Waals surface area (Å²) in [5.41, 5.74) is 0.852. The molecule has 3 nitrogen and oxygen atoms in total. The van der Waals surface area contributed by atoms with Crippen LogP contribution in [0.25, 0.3) is 0 Å². The topological polar surface area (TPSA) is 48.1 Å². The van der Waals surface area contributed by atoms with Gasteiger partial charge in [0.25, 0.3) is 0 Å². The molecule has 0 saturated heterocycles. The lowest BCUT2D eigenvalue weighted by molar-refractivity contribution is 0.0634. The lowest BCUT2D eigenvalue weighted by Gasteiger charge is -2.05. The molecule has 1 rings (SSSR count). The summed E-state index contributed by atoms with van der Waals surface area (Å²) in [6.07, 6.45) is 1.59. The summed E-state index contributed by atoms with van der Waals surface area (Å²) >= 11 is 0. The fraction of sp³-hybridized carbons (Fsp3) is 0.286. The van der Waals surface area contributed by atoms with Gasteiger partial charge in [0.15, 0.2) is 0 Å². The second kappa shape index (κ2) is 3.29. The minimum absolute atomic E-state index is 0.124. The van der Waals surface area contributed by atoms with Crippen molar-refractivity contribution in [3.05, 3.63) is 30.1 Å². The molecule has 1 atom stereocenters. The van der Waals surface area contributed by atoms with Gasteiger partial charge in [0.1, 0.15) is 6.10 Å². The monoisotopic (exact) mass is 138 g/mol. The van der Waals surface area contributed by atoms with E-state index in [1.54, 1.807) is 6.20 Å². The van der Waals surface area contributed by atoms with Gasteiger partial charge in [0.2, 0.25) is 0 Å². The first-order chi connectivity index (χ1) is 4.84. The fourth-order valence-electron chi connectivity index (χ4n) is 0.686. The maximum Gasteiger partial charge on any atom is 0.118 e. The van der Waals surface area contributed by atoms with Crippen LogP contribution >= 0.6 is 0 Å². The highest BCUT2D eigenvalue weighted by Gasteiger charge is 2.02. The Balaban J connectivity index is 2.75. The number of hydrogen-bond acceptors (Lipinski definition) is 3. The molecule has 0 aliphatic heterocycles. The van der Waals surface area contributed by atoms with Crippen LogP contribution in [-0.2, 0) is 4.84 Å². The summed E-state index contributed by atoms with van der Waals surface area (Å²) in [4.78, 5) is 8.62. The van der Waals surface area contributed by atoms with Crippen LogP contribution in [0.5, 0.6) is 0 Å². The second-order valence-corrected chi connectivity index (χ2v) is 2.03. The largest absolute Gasteiger partial charge is 0.295 e. The van der Waals surface area contributed by atoms with Gasteiger partial charge in [-0.2, -0.15) is 0 Å².